The summed E-state index contributed by atoms with van der Waals surface area (Å²) in [6.45, 7) is 26.7. The van der Waals surface area contributed by atoms with Gasteiger partial charge in [-0.2, -0.15) is 4.98 Å². The van der Waals surface area contributed by atoms with E-state index in [4.69, 9.17) is 19.3 Å². The molecule has 1 aliphatic rings. The second-order valence-electron chi connectivity index (χ2n) is 12.3. The Hall–Kier alpha value is -1.27. The summed E-state index contributed by atoms with van der Waals surface area (Å²) in [6, 6.07) is 1.62. The molecule has 0 spiro atoms. The van der Waals surface area contributed by atoms with Crippen molar-refractivity contribution in [2.45, 2.75) is 109 Å². The first-order valence-electron chi connectivity index (χ1n) is 11.8. The zero-order chi connectivity index (χ0) is 25.5. The van der Waals surface area contributed by atoms with Gasteiger partial charge in [0.05, 0.1) is 12.7 Å². The Morgan fingerprint density at radius 3 is 2.27 bits per heavy atom. The van der Waals surface area contributed by atoms with E-state index in [1.54, 1.807) is 12.3 Å². The molecule has 1 fully saturated rings. The number of nitrogen functional groups attached to an aromatic ring is 1. The number of rotatable bonds is 8. The molecule has 0 radical (unpaired) electrons. The highest BCUT2D eigenvalue weighted by atomic mass is 28.4. The Bertz CT molecular complexity index is 902. The van der Waals surface area contributed by atoms with Gasteiger partial charge in [0, 0.05) is 12.6 Å². The van der Waals surface area contributed by atoms with Gasteiger partial charge in [0.2, 0.25) is 0 Å². The van der Waals surface area contributed by atoms with Crippen molar-refractivity contribution in [2.24, 2.45) is 0 Å². The Morgan fingerprint density at radius 1 is 1.21 bits per heavy atom. The number of nitrogens with two attached hydrogens (primary N) is 1. The van der Waals surface area contributed by atoms with Gasteiger partial charge in [0.15, 0.2) is 16.6 Å². The van der Waals surface area contributed by atoms with Crippen LogP contribution in [0.2, 0.25) is 36.3 Å². The van der Waals surface area contributed by atoms with E-state index in [2.05, 4.69) is 79.3 Å². The minimum absolute atomic E-state index is 0.0326. The van der Waals surface area contributed by atoms with Crippen molar-refractivity contribution in [3.63, 3.8) is 0 Å². The highest BCUT2D eigenvalue weighted by Gasteiger charge is 2.54. The molecule has 0 saturated carbocycles. The van der Waals surface area contributed by atoms with E-state index < -0.39 is 34.2 Å². The van der Waals surface area contributed by atoms with Crippen molar-refractivity contribution >= 4 is 22.5 Å². The van der Waals surface area contributed by atoms with Crippen molar-refractivity contribution in [1.82, 2.24) is 9.55 Å². The standard InChI is InChI=1S/C24H45N3O4Si2/c1-12-14-24(17-29-32(8,9)22(2,3)4)18(31-33(10,11)23(5,6)7)16-20(30-24)27-15-13-19(25)26-21(27)28/h12-13,15,18,20H,1,14,16-17H2,2-11H3,(H2,25,26,28)/t18?,20-,24?/m1/s1. The van der Waals surface area contributed by atoms with Crippen LogP contribution in [0, 0.1) is 0 Å². The lowest BCUT2D eigenvalue weighted by atomic mass is 9.94. The predicted octanol–water partition coefficient (Wildman–Crippen LogP) is 5.47. The van der Waals surface area contributed by atoms with E-state index >= 15 is 0 Å². The van der Waals surface area contributed by atoms with Crippen LogP contribution >= 0.6 is 0 Å². The fraction of sp³-hybridized carbons (Fsp3) is 0.750. The van der Waals surface area contributed by atoms with Gasteiger partial charge in [0.25, 0.3) is 0 Å². The molecule has 1 saturated heterocycles. The minimum Gasteiger partial charge on any atom is -0.414 e. The number of ether oxygens (including phenoxy) is 1. The molecule has 0 aromatic carbocycles. The van der Waals surface area contributed by atoms with Gasteiger partial charge >= 0.3 is 5.69 Å². The molecule has 2 heterocycles. The van der Waals surface area contributed by atoms with E-state index in [0.717, 1.165) is 0 Å². The maximum atomic E-state index is 12.6. The molecule has 33 heavy (non-hydrogen) atoms. The molecule has 3 atom stereocenters. The highest BCUT2D eigenvalue weighted by Crippen LogP contribution is 2.47. The molecule has 2 unspecified atom stereocenters. The fourth-order valence-electron chi connectivity index (χ4n) is 3.43. The van der Waals surface area contributed by atoms with Crippen LogP contribution in [0.1, 0.15) is 60.6 Å². The van der Waals surface area contributed by atoms with Crippen molar-refractivity contribution < 1.29 is 13.6 Å². The number of nitrogens with zero attached hydrogens (tertiary/aromatic N) is 2. The molecule has 0 amide bonds. The summed E-state index contributed by atoms with van der Waals surface area (Å²) in [5, 5.41) is 0.0961. The van der Waals surface area contributed by atoms with Gasteiger partial charge in [-0.05, 0) is 48.8 Å². The van der Waals surface area contributed by atoms with Gasteiger partial charge in [0.1, 0.15) is 17.6 Å². The van der Waals surface area contributed by atoms with Crippen LogP contribution in [0.3, 0.4) is 0 Å². The lowest BCUT2D eigenvalue weighted by molar-refractivity contribution is -0.121. The molecule has 2 rings (SSSR count). The molecule has 1 aliphatic heterocycles. The van der Waals surface area contributed by atoms with Crippen molar-refractivity contribution in [1.29, 1.82) is 0 Å². The molecule has 2 N–H and O–H groups in total. The third kappa shape index (κ3) is 6.06. The van der Waals surface area contributed by atoms with E-state index in [-0.39, 0.29) is 22.0 Å². The van der Waals surface area contributed by atoms with Crippen LogP contribution in [0.15, 0.2) is 29.7 Å². The second-order valence-corrected chi connectivity index (χ2v) is 21.9. The predicted molar refractivity (Wildman–Crippen MR) is 140 cm³/mol. The first kappa shape index (κ1) is 28.0. The van der Waals surface area contributed by atoms with E-state index in [9.17, 15) is 4.79 Å². The summed E-state index contributed by atoms with van der Waals surface area (Å²) in [5.74, 6) is 0.196. The Labute approximate surface area is 202 Å². The molecular formula is C24H45N3O4Si2. The summed E-state index contributed by atoms with van der Waals surface area (Å²) >= 11 is 0. The first-order valence-corrected chi connectivity index (χ1v) is 17.6. The maximum absolute atomic E-state index is 12.6. The summed E-state index contributed by atoms with van der Waals surface area (Å²) in [7, 11) is -4.18. The average Bonchev–Trinajstić information content (AvgIpc) is 2.96. The van der Waals surface area contributed by atoms with Gasteiger partial charge in [-0.15, -0.1) is 6.58 Å². The molecule has 9 heteroatoms. The fourth-order valence-corrected chi connectivity index (χ4v) is 5.84. The Kier molecular flexibility index (Phi) is 7.98. The van der Waals surface area contributed by atoms with Gasteiger partial charge < -0.3 is 19.3 Å². The van der Waals surface area contributed by atoms with Gasteiger partial charge in [-0.25, -0.2) is 4.79 Å². The third-order valence-electron chi connectivity index (χ3n) is 7.75. The molecule has 7 nitrogen and oxygen atoms in total. The molecule has 188 valence electrons. The molecule has 0 aliphatic carbocycles. The minimum atomic E-state index is -2.13. The van der Waals surface area contributed by atoms with Crippen LogP contribution in [-0.2, 0) is 13.6 Å². The van der Waals surface area contributed by atoms with Crippen molar-refractivity contribution in [3.8, 4) is 0 Å². The third-order valence-corrected chi connectivity index (χ3v) is 16.7. The molecule has 1 aromatic heterocycles. The quantitative estimate of drug-likeness (QED) is 0.380. The summed E-state index contributed by atoms with van der Waals surface area (Å²) in [4.78, 5) is 16.5. The molecule has 0 bridgehead atoms. The van der Waals surface area contributed by atoms with Crippen LogP contribution < -0.4 is 11.4 Å². The van der Waals surface area contributed by atoms with Crippen molar-refractivity contribution in [2.75, 3.05) is 12.3 Å². The first-order chi connectivity index (χ1) is 14.9. The summed E-state index contributed by atoms with van der Waals surface area (Å²) in [6.07, 6.45) is 3.86. The highest BCUT2D eigenvalue weighted by molar-refractivity contribution is 6.74. The van der Waals surface area contributed by atoms with Gasteiger partial charge in [-0.1, -0.05) is 47.6 Å². The van der Waals surface area contributed by atoms with Crippen LogP contribution in [0.25, 0.3) is 0 Å². The number of hydrogen-bond acceptors (Lipinski definition) is 6. The van der Waals surface area contributed by atoms with Gasteiger partial charge in [-0.3, -0.25) is 4.57 Å². The normalized spacial score (nSPS) is 24.8. The summed E-state index contributed by atoms with van der Waals surface area (Å²) < 4.78 is 21.8. The molecule has 1 aromatic rings. The summed E-state index contributed by atoms with van der Waals surface area (Å²) in [5.41, 5.74) is 4.55. The zero-order valence-electron chi connectivity index (χ0n) is 22.3. The average molecular weight is 496 g/mol. The molecular weight excluding hydrogens is 450 g/mol. The Morgan fingerprint density at radius 2 is 1.79 bits per heavy atom. The second kappa shape index (κ2) is 9.41. The number of hydrogen-bond donors (Lipinski definition) is 1. The maximum Gasteiger partial charge on any atom is 0.351 e. The smallest absolute Gasteiger partial charge is 0.351 e. The van der Waals surface area contributed by atoms with Crippen LogP contribution in [0.5, 0.6) is 0 Å². The van der Waals surface area contributed by atoms with E-state index in [1.165, 1.54) is 4.57 Å². The monoisotopic (exact) mass is 495 g/mol. The van der Waals surface area contributed by atoms with Crippen LogP contribution in [0.4, 0.5) is 5.82 Å². The lowest BCUT2D eigenvalue weighted by Crippen LogP contribution is -2.54. The number of anilines is 1. The van der Waals surface area contributed by atoms with Crippen LogP contribution in [-0.4, -0.2) is 44.5 Å². The van der Waals surface area contributed by atoms with Crippen molar-refractivity contribution in [3.05, 3.63) is 35.4 Å². The zero-order valence-corrected chi connectivity index (χ0v) is 24.3. The van der Waals surface area contributed by atoms with E-state index in [1.807, 2.05) is 6.08 Å². The van der Waals surface area contributed by atoms with E-state index in [0.29, 0.717) is 19.4 Å². The lowest BCUT2D eigenvalue weighted by Gasteiger charge is -2.45. The number of aromatic nitrogens is 2. The Balaban J connectivity index is 2.49. The SMILES string of the molecule is C=CCC1(CO[Si](C)(C)C(C)(C)C)O[C@@H](n2ccc(N)nc2=O)CC1O[Si](C)(C)C(C)(C)C. The topological polar surface area (TPSA) is 88.6 Å². The largest absolute Gasteiger partial charge is 0.414 e.